The van der Waals surface area contributed by atoms with Gasteiger partial charge in [0, 0.05) is 44.0 Å². The molecule has 1 aromatic rings. The summed E-state index contributed by atoms with van der Waals surface area (Å²) in [6.45, 7) is 3.11. The molecule has 2 amide bonds. The van der Waals surface area contributed by atoms with E-state index in [2.05, 4.69) is 27.7 Å². The summed E-state index contributed by atoms with van der Waals surface area (Å²) in [7, 11) is 0. The number of benzene rings is 1. The fourth-order valence-corrected chi connectivity index (χ4v) is 4.43. The maximum absolute atomic E-state index is 12.7. The van der Waals surface area contributed by atoms with E-state index in [9.17, 15) is 9.59 Å². The standard InChI is InChI=1S/C20H28N4O2/c25-19(14-18-20(26)22-17-9-5-4-8-16(17)21-18)24-12-10-23(11-13-24)15-6-2-1-3-7-15/h1-3,6-7,16-18,21H,4-5,8-14H2,(H,22,26)/t16-,17-,18+/m0/s1. The molecule has 3 fully saturated rings. The van der Waals surface area contributed by atoms with Gasteiger partial charge < -0.3 is 20.4 Å². The maximum Gasteiger partial charge on any atom is 0.237 e. The predicted octanol–water partition coefficient (Wildman–Crippen LogP) is 1.12. The number of nitrogens with one attached hydrogen (secondary N) is 2. The van der Waals surface area contributed by atoms with Crippen LogP contribution in [0.25, 0.3) is 0 Å². The van der Waals surface area contributed by atoms with Crippen molar-refractivity contribution in [2.45, 2.75) is 50.2 Å². The summed E-state index contributed by atoms with van der Waals surface area (Å²) in [5, 5.41) is 6.56. The first-order valence-corrected chi connectivity index (χ1v) is 9.85. The summed E-state index contributed by atoms with van der Waals surface area (Å²) in [5.74, 6) is 0.0732. The topological polar surface area (TPSA) is 64.7 Å². The predicted molar refractivity (Wildman–Crippen MR) is 101 cm³/mol. The summed E-state index contributed by atoms with van der Waals surface area (Å²) in [6.07, 6.45) is 4.78. The molecular weight excluding hydrogens is 328 g/mol. The lowest BCUT2D eigenvalue weighted by atomic mass is 9.87. The van der Waals surface area contributed by atoms with Gasteiger partial charge in [-0.3, -0.25) is 9.59 Å². The van der Waals surface area contributed by atoms with Gasteiger partial charge in [-0.05, 0) is 25.0 Å². The Kier molecular flexibility index (Phi) is 5.11. The first kappa shape index (κ1) is 17.3. The molecule has 0 aromatic heterocycles. The molecule has 2 saturated heterocycles. The summed E-state index contributed by atoms with van der Waals surface area (Å²) < 4.78 is 0. The Labute approximate surface area is 154 Å². The zero-order chi connectivity index (χ0) is 17.9. The van der Waals surface area contributed by atoms with Crippen LogP contribution in [0.2, 0.25) is 0 Å². The van der Waals surface area contributed by atoms with Crippen LogP contribution in [0, 0.1) is 0 Å². The second kappa shape index (κ2) is 7.66. The zero-order valence-corrected chi connectivity index (χ0v) is 15.2. The van der Waals surface area contributed by atoms with Crippen LogP contribution in [0.5, 0.6) is 0 Å². The molecule has 0 radical (unpaired) electrons. The number of hydrogen-bond donors (Lipinski definition) is 2. The quantitative estimate of drug-likeness (QED) is 0.852. The van der Waals surface area contributed by atoms with Crippen LogP contribution in [0.15, 0.2) is 30.3 Å². The molecule has 2 heterocycles. The van der Waals surface area contributed by atoms with Crippen LogP contribution in [0.4, 0.5) is 5.69 Å². The van der Waals surface area contributed by atoms with E-state index in [1.54, 1.807) is 0 Å². The van der Waals surface area contributed by atoms with Crippen molar-refractivity contribution in [3.63, 3.8) is 0 Å². The van der Waals surface area contributed by atoms with E-state index in [4.69, 9.17) is 0 Å². The van der Waals surface area contributed by atoms with Gasteiger partial charge in [-0.15, -0.1) is 0 Å². The number of para-hydroxylation sites is 1. The molecule has 3 aliphatic rings. The van der Waals surface area contributed by atoms with Crippen molar-refractivity contribution in [3.8, 4) is 0 Å². The van der Waals surface area contributed by atoms with E-state index >= 15 is 0 Å². The van der Waals surface area contributed by atoms with E-state index in [1.165, 1.54) is 18.5 Å². The molecule has 6 nitrogen and oxygen atoms in total. The molecule has 1 aromatic carbocycles. The van der Waals surface area contributed by atoms with Crippen molar-refractivity contribution in [3.05, 3.63) is 30.3 Å². The summed E-state index contributed by atoms with van der Waals surface area (Å²) in [5.41, 5.74) is 1.20. The van der Waals surface area contributed by atoms with Gasteiger partial charge in [0.1, 0.15) is 0 Å². The van der Waals surface area contributed by atoms with Gasteiger partial charge in [0.15, 0.2) is 0 Å². The third kappa shape index (κ3) is 3.70. The molecule has 4 rings (SSSR count). The van der Waals surface area contributed by atoms with Crippen molar-refractivity contribution in [2.75, 3.05) is 31.1 Å². The SMILES string of the molecule is O=C1N[C@H]2CCCC[C@@H]2N[C@@H]1CC(=O)N1CCN(c2ccccc2)CC1. The van der Waals surface area contributed by atoms with Crippen LogP contribution in [-0.4, -0.2) is 61.0 Å². The Hall–Kier alpha value is -2.08. The lowest BCUT2D eigenvalue weighted by Crippen LogP contribution is -2.65. The van der Waals surface area contributed by atoms with E-state index < -0.39 is 0 Å². The third-order valence-corrected chi connectivity index (χ3v) is 5.96. The Morgan fingerprint density at radius 3 is 2.42 bits per heavy atom. The normalized spacial score (nSPS) is 29.1. The lowest BCUT2D eigenvalue weighted by molar-refractivity contribution is -0.136. The highest BCUT2D eigenvalue weighted by atomic mass is 16.2. The third-order valence-electron chi connectivity index (χ3n) is 5.96. The molecule has 0 bridgehead atoms. The maximum atomic E-state index is 12.7. The Morgan fingerprint density at radius 1 is 1.00 bits per heavy atom. The fourth-order valence-electron chi connectivity index (χ4n) is 4.43. The van der Waals surface area contributed by atoms with Gasteiger partial charge in [-0.2, -0.15) is 0 Å². The molecule has 2 N–H and O–H groups in total. The molecule has 1 aliphatic carbocycles. The monoisotopic (exact) mass is 356 g/mol. The average Bonchev–Trinajstić information content (AvgIpc) is 2.69. The summed E-state index contributed by atoms with van der Waals surface area (Å²) in [4.78, 5) is 29.3. The largest absolute Gasteiger partial charge is 0.368 e. The van der Waals surface area contributed by atoms with E-state index in [1.807, 2.05) is 23.1 Å². The smallest absolute Gasteiger partial charge is 0.237 e. The molecular formula is C20H28N4O2. The van der Waals surface area contributed by atoms with Crippen molar-refractivity contribution in [1.29, 1.82) is 0 Å². The van der Waals surface area contributed by atoms with Gasteiger partial charge >= 0.3 is 0 Å². The second-order valence-corrected chi connectivity index (χ2v) is 7.63. The molecule has 2 aliphatic heterocycles. The summed E-state index contributed by atoms with van der Waals surface area (Å²) in [6, 6.07) is 10.5. The van der Waals surface area contributed by atoms with Crippen molar-refractivity contribution < 1.29 is 9.59 Å². The van der Waals surface area contributed by atoms with E-state index in [-0.39, 0.29) is 30.3 Å². The Bertz CT molecular complexity index is 642. The van der Waals surface area contributed by atoms with Crippen molar-refractivity contribution in [1.82, 2.24) is 15.5 Å². The Morgan fingerprint density at radius 2 is 1.69 bits per heavy atom. The van der Waals surface area contributed by atoms with Crippen LogP contribution in [0.1, 0.15) is 32.1 Å². The number of rotatable bonds is 3. The van der Waals surface area contributed by atoms with Crippen molar-refractivity contribution in [2.24, 2.45) is 0 Å². The van der Waals surface area contributed by atoms with Gasteiger partial charge in [0.25, 0.3) is 0 Å². The highest BCUT2D eigenvalue weighted by molar-refractivity contribution is 5.89. The molecule has 0 unspecified atom stereocenters. The highest BCUT2D eigenvalue weighted by Crippen LogP contribution is 2.23. The van der Waals surface area contributed by atoms with E-state index in [0.29, 0.717) is 19.1 Å². The number of carbonyl (C=O) groups is 2. The minimum absolute atomic E-state index is 0.00979. The van der Waals surface area contributed by atoms with Gasteiger partial charge in [-0.25, -0.2) is 0 Å². The molecule has 1 saturated carbocycles. The van der Waals surface area contributed by atoms with Crippen LogP contribution in [-0.2, 0) is 9.59 Å². The van der Waals surface area contributed by atoms with E-state index in [0.717, 1.165) is 25.9 Å². The summed E-state index contributed by atoms with van der Waals surface area (Å²) >= 11 is 0. The highest BCUT2D eigenvalue weighted by Gasteiger charge is 2.37. The molecule has 3 atom stereocenters. The van der Waals surface area contributed by atoms with Crippen LogP contribution < -0.4 is 15.5 Å². The molecule has 6 heteroatoms. The number of nitrogens with zero attached hydrogens (tertiary/aromatic N) is 2. The number of anilines is 1. The van der Waals surface area contributed by atoms with Gasteiger partial charge in [0.05, 0.1) is 12.5 Å². The lowest BCUT2D eigenvalue weighted by Gasteiger charge is -2.41. The molecule has 0 spiro atoms. The second-order valence-electron chi connectivity index (χ2n) is 7.63. The van der Waals surface area contributed by atoms with Gasteiger partial charge in [-0.1, -0.05) is 31.0 Å². The number of fused-ring (bicyclic) bond motifs is 1. The fraction of sp³-hybridized carbons (Fsp3) is 0.600. The number of amides is 2. The first-order chi connectivity index (χ1) is 12.7. The minimum Gasteiger partial charge on any atom is -0.368 e. The first-order valence-electron chi connectivity index (χ1n) is 9.85. The average molecular weight is 356 g/mol. The number of hydrogen-bond acceptors (Lipinski definition) is 4. The number of piperazine rings is 2. The van der Waals surface area contributed by atoms with Crippen LogP contribution >= 0.6 is 0 Å². The van der Waals surface area contributed by atoms with Gasteiger partial charge in [0.2, 0.25) is 11.8 Å². The molecule has 26 heavy (non-hydrogen) atoms. The minimum atomic E-state index is -0.381. The zero-order valence-electron chi connectivity index (χ0n) is 15.2. The molecule has 140 valence electrons. The number of carbonyl (C=O) groups excluding carboxylic acids is 2. The van der Waals surface area contributed by atoms with Crippen LogP contribution in [0.3, 0.4) is 0 Å². The van der Waals surface area contributed by atoms with Crippen molar-refractivity contribution >= 4 is 17.5 Å². The Balaban J connectivity index is 1.29.